The van der Waals surface area contributed by atoms with Crippen molar-refractivity contribution in [3.05, 3.63) is 0 Å². The van der Waals surface area contributed by atoms with E-state index in [1.54, 1.807) is 0 Å². The van der Waals surface area contributed by atoms with Crippen LogP contribution >= 0.6 is 0 Å². The average Bonchev–Trinajstić information content (AvgIpc) is 2.38. The van der Waals surface area contributed by atoms with Gasteiger partial charge in [-0.2, -0.15) is 0 Å². The Morgan fingerprint density at radius 2 is 1.72 bits per heavy atom. The fourth-order valence-corrected chi connectivity index (χ4v) is 4.64. The molecule has 0 aromatic heterocycles. The Morgan fingerprint density at radius 3 is 2.28 bits per heavy atom. The second-order valence-corrected chi connectivity index (χ2v) is 7.97. The molecule has 18 heavy (non-hydrogen) atoms. The van der Waals surface area contributed by atoms with Gasteiger partial charge in [-0.3, -0.25) is 0 Å². The number of piperidine rings is 1. The summed E-state index contributed by atoms with van der Waals surface area (Å²) in [5.41, 5.74) is 0. The second-order valence-electron chi connectivity index (χ2n) is 5.66. The van der Waals surface area contributed by atoms with Crippen LogP contribution in [-0.2, 0) is 9.84 Å². The highest BCUT2D eigenvalue weighted by molar-refractivity contribution is 7.91. The summed E-state index contributed by atoms with van der Waals surface area (Å²) in [6, 6.07) is 0.494. The fraction of sp³-hybridized carbons (Fsp3) is 1.00. The fourth-order valence-electron chi connectivity index (χ4n) is 3.18. The van der Waals surface area contributed by atoms with Crippen molar-refractivity contribution in [1.29, 1.82) is 0 Å². The SMILES string of the molecule is CCN(CC1CCNCC1)C1CCS(=O)(=O)CC1. The van der Waals surface area contributed by atoms with Crippen LogP contribution in [-0.4, -0.2) is 57.0 Å². The maximum absolute atomic E-state index is 11.5. The third kappa shape index (κ3) is 3.93. The number of rotatable bonds is 4. The lowest BCUT2D eigenvalue weighted by Gasteiger charge is -2.36. The van der Waals surface area contributed by atoms with Gasteiger partial charge in [-0.25, -0.2) is 8.42 Å². The molecule has 2 aliphatic rings. The normalized spacial score (nSPS) is 26.6. The standard InChI is InChI=1S/C13H26N2O2S/c1-2-15(11-12-3-7-14-8-4-12)13-5-9-18(16,17)10-6-13/h12-14H,2-11H2,1H3. The highest BCUT2D eigenvalue weighted by Gasteiger charge is 2.28. The van der Waals surface area contributed by atoms with Gasteiger partial charge in [-0.05, 0) is 51.2 Å². The minimum Gasteiger partial charge on any atom is -0.317 e. The van der Waals surface area contributed by atoms with Gasteiger partial charge in [0.05, 0.1) is 11.5 Å². The molecule has 0 atom stereocenters. The number of nitrogens with one attached hydrogen (secondary N) is 1. The van der Waals surface area contributed by atoms with Gasteiger partial charge in [-0.1, -0.05) is 6.92 Å². The van der Waals surface area contributed by atoms with Gasteiger partial charge in [0.1, 0.15) is 9.84 Å². The Hall–Kier alpha value is -0.130. The van der Waals surface area contributed by atoms with Crippen molar-refractivity contribution in [2.24, 2.45) is 5.92 Å². The Kier molecular flexibility index (Phi) is 5.04. The average molecular weight is 274 g/mol. The zero-order valence-corrected chi connectivity index (χ0v) is 12.2. The van der Waals surface area contributed by atoms with E-state index in [1.807, 2.05) is 0 Å². The van der Waals surface area contributed by atoms with E-state index >= 15 is 0 Å². The smallest absolute Gasteiger partial charge is 0.150 e. The van der Waals surface area contributed by atoms with Crippen molar-refractivity contribution in [3.8, 4) is 0 Å². The van der Waals surface area contributed by atoms with Gasteiger partial charge in [0.25, 0.3) is 0 Å². The minimum atomic E-state index is -2.73. The molecular formula is C13H26N2O2S. The van der Waals surface area contributed by atoms with E-state index in [0.29, 0.717) is 17.5 Å². The first kappa shape index (κ1) is 14.3. The van der Waals surface area contributed by atoms with Crippen LogP contribution in [0.3, 0.4) is 0 Å². The lowest BCUT2D eigenvalue weighted by atomic mass is 9.96. The molecule has 4 nitrogen and oxygen atoms in total. The van der Waals surface area contributed by atoms with Crippen molar-refractivity contribution < 1.29 is 8.42 Å². The predicted octanol–water partition coefficient (Wildman–Crippen LogP) is 0.885. The predicted molar refractivity (Wildman–Crippen MR) is 74.5 cm³/mol. The molecule has 0 aromatic rings. The van der Waals surface area contributed by atoms with Gasteiger partial charge in [-0.15, -0.1) is 0 Å². The molecule has 5 heteroatoms. The number of nitrogens with zero attached hydrogens (tertiary/aromatic N) is 1. The summed E-state index contributed by atoms with van der Waals surface area (Å²) in [7, 11) is -2.73. The van der Waals surface area contributed by atoms with E-state index in [9.17, 15) is 8.42 Å². The summed E-state index contributed by atoms with van der Waals surface area (Å²) in [5, 5.41) is 3.40. The van der Waals surface area contributed by atoms with E-state index in [0.717, 1.165) is 44.9 Å². The third-order valence-electron chi connectivity index (χ3n) is 4.40. The number of sulfone groups is 1. The topological polar surface area (TPSA) is 49.4 Å². The Labute approximate surface area is 111 Å². The molecule has 0 aliphatic carbocycles. The van der Waals surface area contributed by atoms with Crippen LogP contribution in [0.1, 0.15) is 32.6 Å². The van der Waals surface area contributed by atoms with Crippen LogP contribution in [0.2, 0.25) is 0 Å². The molecule has 2 rings (SSSR count). The van der Waals surface area contributed by atoms with Crippen LogP contribution in [0.5, 0.6) is 0 Å². The summed E-state index contributed by atoms with van der Waals surface area (Å²) >= 11 is 0. The van der Waals surface area contributed by atoms with Crippen molar-refractivity contribution in [2.45, 2.75) is 38.6 Å². The lowest BCUT2D eigenvalue weighted by Crippen LogP contribution is -2.45. The molecule has 0 saturated carbocycles. The summed E-state index contributed by atoms with van der Waals surface area (Å²) < 4.78 is 22.9. The van der Waals surface area contributed by atoms with Crippen molar-refractivity contribution in [1.82, 2.24) is 10.2 Å². The molecule has 106 valence electrons. The maximum Gasteiger partial charge on any atom is 0.150 e. The summed E-state index contributed by atoms with van der Waals surface area (Å²) in [6.45, 7) is 6.68. The van der Waals surface area contributed by atoms with Gasteiger partial charge >= 0.3 is 0 Å². The molecule has 0 unspecified atom stereocenters. The molecule has 0 amide bonds. The minimum absolute atomic E-state index is 0.389. The molecule has 2 fully saturated rings. The third-order valence-corrected chi connectivity index (χ3v) is 6.11. The Balaban J connectivity index is 1.84. The van der Waals surface area contributed by atoms with E-state index in [4.69, 9.17) is 0 Å². The molecule has 2 saturated heterocycles. The van der Waals surface area contributed by atoms with E-state index < -0.39 is 9.84 Å². The Morgan fingerprint density at radius 1 is 1.11 bits per heavy atom. The van der Waals surface area contributed by atoms with Gasteiger partial charge in [0.2, 0.25) is 0 Å². The van der Waals surface area contributed by atoms with Crippen molar-refractivity contribution in [2.75, 3.05) is 37.7 Å². The van der Waals surface area contributed by atoms with Crippen molar-refractivity contribution >= 4 is 9.84 Å². The van der Waals surface area contributed by atoms with Gasteiger partial charge in [0, 0.05) is 12.6 Å². The Bertz CT molecular complexity index is 336. The molecule has 0 spiro atoms. The van der Waals surface area contributed by atoms with E-state index in [2.05, 4.69) is 17.1 Å². The van der Waals surface area contributed by atoms with Crippen molar-refractivity contribution in [3.63, 3.8) is 0 Å². The van der Waals surface area contributed by atoms with E-state index in [1.165, 1.54) is 12.8 Å². The van der Waals surface area contributed by atoms with Crippen LogP contribution in [0.4, 0.5) is 0 Å². The summed E-state index contributed by atoms with van der Waals surface area (Å²) in [5.74, 6) is 1.57. The summed E-state index contributed by atoms with van der Waals surface area (Å²) in [6.07, 6.45) is 4.20. The monoisotopic (exact) mass is 274 g/mol. The zero-order chi connectivity index (χ0) is 13.0. The van der Waals surface area contributed by atoms with Gasteiger partial charge < -0.3 is 10.2 Å². The van der Waals surface area contributed by atoms with Crippen LogP contribution in [0, 0.1) is 5.92 Å². The van der Waals surface area contributed by atoms with E-state index in [-0.39, 0.29) is 0 Å². The molecule has 1 N–H and O–H groups in total. The number of hydrogen-bond donors (Lipinski definition) is 1. The molecule has 0 aromatic carbocycles. The lowest BCUT2D eigenvalue weighted by molar-refractivity contribution is 0.150. The quantitative estimate of drug-likeness (QED) is 0.827. The first-order valence-electron chi connectivity index (χ1n) is 7.26. The highest BCUT2D eigenvalue weighted by Crippen LogP contribution is 2.21. The molecule has 2 aliphatic heterocycles. The number of hydrogen-bond acceptors (Lipinski definition) is 4. The van der Waals surface area contributed by atoms with Crippen LogP contribution in [0.15, 0.2) is 0 Å². The molecule has 0 bridgehead atoms. The van der Waals surface area contributed by atoms with Gasteiger partial charge in [0.15, 0.2) is 0 Å². The largest absolute Gasteiger partial charge is 0.317 e. The maximum atomic E-state index is 11.5. The van der Waals surface area contributed by atoms with Crippen LogP contribution in [0.25, 0.3) is 0 Å². The first-order chi connectivity index (χ1) is 8.61. The summed E-state index contributed by atoms with van der Waals surface area (Å²) in [4.78, 5) is 2.52. The zero-order valence-electron chi connectivity index (χ0n) is 11.4. The highest BCUT2D eigenvalue weighted by atomic mass is 32.2. The van der Waals surface area contributed by atoms with Crippen LogP contribution < -0.4 is 5.32 Å². The molecular weight excluding hydrogens is 248 g/mol. The molecule has 2 heterocycles. The second kappa shape index (κ2) is 6.35. The first-order valence-corrected chi connectivity index (χ1v) is 9.08. The molecule has 0 radical (unpaired) electrons.